The molecule has 0 fully saturated rings. The number of benzene rings is 1. The monoisotopic (exact) mass is 204 g/mol. The molecule has 0 radical (unpaired) electrons. The van der Waals surface area contributed by atoms with Crippen LogP contribution in [0.5, 0.6) is 0 Å². The van der Waals surface area contributed by atoms with Gasteiger partial charge in [-0.3, -0.25) is 4.79 Å². The first-order valence-corrected chi connectivity index (χ1v) is 5.17. The lowest BCUT2D eigenvalue weighted by Crippen LogP contribution is -1.89. The van der Waals surface area contributed by atoms with Crippen molar-refractivity contribution in [3.63, 3.8) is 0 Å². The number of hydrogen-bond acceptors (Lipinski definition) is 2. The van der Waals surface area contributed by atoms with Crippen LogP contribution in [0.4, 0.5) is 0 Å². The lowest BCUT2D eigenvalue weighted by molar-refractivity contribution is 1.41. The van der Waals surface area contributed by atoms with E-state index in [4.69, 9.17) is 0 Å². The molecule has 14 heavy (non-hydrogen) atoms. The van der Waals surface area contributed by atoms with Gasteiger partial charge in [0.05, 0.1) is 10.2 Å². The first kappa shape index (κ1) is 7.82. The SMILES string of the molecule is Cc1c[nH]c2ccc3[nH]c(=O)sc3c12. The largest absolute Gasteiger partial charge is 0.361 e. The summed E-state index contributed by atoms with van der Waals surface area (Å²) in [6.07, 6.45) is 1.97. The van der Waals surface area contributed by atoms with Gasteiger partial charge in [0.25, 0.3) is 0 Å². The average molecular weight is 204 g/mol. The molecule has 70 valence electrons. The lowest BCUT2D eigenvalue weighted by Gasteiger charge is -1.92. The van der Waals surface area contributed by atoms with E-state index in [0.29, 0.717) is 0 Å². The van der Waals surface area contributed by atoms with E-state index in [2.05, 4.69) is 9.97 Å². The highest BCUT2D eigenvalue weighted by atomic mass is 32.1. The Morgan fingerprint density at radius 3 is 2.93 bits per heavy atom. The van der Waals surface area contributed by atoms with Crippen LogP contribution < -0.4 is 4.87 Å². The minimum Gasteiger partial charge on any atom is -0.361 e. The summed E-state index contributed by atoms with van der Waals surface area (Å²) < 4.78 is 1.05. The predicted molar refractivity (Wildman–Crippen MR) is 59.0 cm³/mol. The smallest absolute Gasteiger partial charge is 0.305 e. The van der Waals surface area contributed by atoms with E-state index < -0.39 is 0 Å². The Labute approximate surface area is 83.4 Å². The van der Waals surface area contributed by atoms with E-state index in [-0.39, 0.29) is 4.87 Å². The van der Waals surface area contributed by atoms with Gasteiger partial charge in [0.2, 0.25) is 0 Å². The topological polar surface area (TPSA) is 48.6 Å². The van der Waals surface area contributed by atoms with Crippen LogP contribution in [0.1, 0.15) is 5.56 Å². The molecular weight excluding hydrogens is 196 g/mol. The summed E-state index contributed by atoms with van der Waals surface area (Å²) in [5.41, 5.74) is 3.20. The molecule has 2 heterocycles. The number of aromatic amines is 2. The Balaban J connectivity index is 2.71. The van der Waals surface area contributed by atoms with E-state index in [1.165, 1.54) is 16.9 Å². The molecule has 0 bridgehead atoms. The minimum absolute atomic E-state index is 0.00750. The molecule has 0 aliphatic rings. The van der Waals surface area contributed by atoms with Crippen LogP contribution in [-0.2, 0) is 0 Å². The van der Waals surface area contributed by atoms with Gasteiger partial charge in [0, 0.05) is 17.1 Å². The summed E-state index contributed by atoms with van der Waals surface area (Å²) in [5, 5.41) is 1.16. The number of rotatable bonds is 0. The third-order valence-electron chi connectivity index (χ3n) is 2.43. The zero-order valence-corrected chi connectivity index (χ0v) is 8.37. The summed E-state index contributed by atoms with van der Waals surface area (Å²) in [4.78, 5) is 17.2. The summed E-state index contributed by atoms with van der Waals surface area (Å²) in [6, 6.07) is 3.93. The summed E-state index contributed by atoms with van der Waals surface area (Å²) >= 11 is 1.27. The molecule has 2 N–H and O–H groups in total. The zero-order valence-electron chi connectivity index (χ0n) is 7.55. The Morgan fingerprint density at radius 2 is 2.07 bits per heavy atom. The Kier molecular flexibility index (Phi) is 1.39. The first-order chi connectivity index (χ1) is 6.75. The molecule has 0 unspecified atom stereocenters. The van der Waals surface area contributed by atoms with Crippen molar-refractivity contribution in [2.75, 3.05) is 0 Å². The fourth-order valence-corrected chi connectivity index (χ4v) is 2.73. The standard InChI is InChI=1S/C10H8N2OS/c1-5-4-11-6-2-3-7-9(8(5)6)14-10(13)12-7/h2-4,11H,1H3,(H,12,13). The van der Waals surface area contributed by atoms with Gasteiger partial charge in [-0.1, -0.05) is 11.3 Å². The van der Waals surface area contributed by atoms with Crippen molar-refractivity contribution in [2.45, 2.75) is 6.92 Å². The summed E-state index contributed by atoms with van der Waals surface area (Å²) in [5.74, 6) is 0. The molecule has 3 nitrogen and oxygen atoms in total. The van der Waals surface area contributed by atoms with Gasteiger partial charge in [0.15, 0.2) is 0 Å². The third kappa shape index (κ3) is 0.886. The fourth-order valence-electron chi connectivity index (χ4n) is 1.79. The molecule has 0 aliphatic carbocycles. The number of aryl methyl sites for hydroxylation is 1. The van der Waals surface area contributed by atoms with Crippen molar-refractivity contribution in [2.24, 2.45) is 0 Å². The maximum Gasteiger partial charge on any atom is 0.305 e. The molecule has 0 atom stereocenters. The van der Waals surface area contributed by atoms with Crippen LogP contribution in [0.15, 0.2) is 23.1 Å². The predicted octanol–water partition coefficient (Wildman–Crippen LogP) is 2.38. The highest BCUT2D eigenvalue weighted by Gasteiger charge is 2.07. The number of thiazole rings is 1. The van der Waals surface area contributed by atoms with Crippen LogP contribution in [0.3, 0.4) is 0 Å². The van der Waals surface area contributed by atoms with Crippen molar-refractivity contribution in [1.82, 2.24) is 9.97 Å². The number of hydrogen-bond donors (Lipinski definition) is 2. The molecule has 1 aromatic carbocycles. The van der Waals surface area contributed by atoms with Crippen molar-refractivity contribution >= 4 is 32.5 Å². The lowest BCUT2D eigenvalue weighted by atomic mass is 10.2. The van der Waals surface area contributed by atoms with E-state index in [0.717, 1.165) is 21.1 Å². The summed E-state index contributed by atoms with van der Waals surface area (Å²) in [6.45, 7) is 2.04. The highest BCUT2D eigenvalue weighted by molar-refractivity contribution is 7.17. The van der Waals surface area contributed by atoms with E-state index >= 15 is 0 Å². The molecular formula is C10H8N2OS. The molecule has 0 aliphatic heterocycles. The van der Waals surface area contributed by atoms with Gasteiger partial charge in [-0.05, 0) is 24.6 Å². The van der Waals surface area contributed by atoms with E-state index in [9.17, 15) is 4.79 Å². The minimum atomic E-state index is 0.00750. The van der Waals surface area contributed by atoms with Crippen LogP contribution in [0.2, 0.25) is 0 Å². The van der Waals surface area contributed by atoms with Crippen molar-refractivity contribution in [1.29, 1.82) is 0 Å². The second-order valence-corrected chi connectivity index (χ2v) is 4.33. The molecule has 0 saturated heterocycles. The van der Waals surface area contributed by atoms with Crippen molar-refractivity contribution in [3.05, 3.63) is 33.6 Å². The van der Waals surface area contributed by atoms with Crippen LogP contribution in [0, 0.1) is 6.92 Å². The molecule has 3 rings (SSSR count). The third-order valence-corrected chi connectivity index (χ3v) is 3.34. The number of fused-ring (bicyclic) bond motifs is 3. The van der Waals surface area contributed by atoms with Crippen LogP contribution >= 0.6 is 11.3 Å². The van der Waals surface area contributed by atoms with E-state index in [1.807, 2.05) is 25.3 Å². The highest BCUT2D eigenvalue weighted by Crippen LogP contribution is 2.28. The molecule has 0 saturated carbocycles. The van der Waals surface area contributed by atoms with Gasteiger partial charge in [0.1, 0.15) is 0 Å². The van der Waals surface area contributed by atoms with Crippen LogP contribution in [0.25, 0.3) is 21.1 Å². The second-order valence-electron chi connectivity index (χ2n) is 3.35. The number of H-pyrrole nitrogens is 2. The van der Waals surface area contributed by atoms with Gasteiger partial charge in [-0.2, -0.15) is 0 Å². The zero-order chi connectivity index (χ0) is 9.71. The fraction of sp³-hybridized carbons (Fsp3) is 0.100. The average Bonchev–Trinajstić information content (AvgIpc) is 2.68. The second kappa shape index (κ2) is 2.48. The maximum absolute atomic E-state index is 11.2. The Hall–Kier alpha value is -1.55. The number of nitrogens with one attached hydrogen (secondary N) is 2. The normalized spacial score (nSPS) is 11.5. The quantitative estimate of drug-likeness (QED) is 0.580. The van der Waals surface area contributed by atoms with Crippen LogP contribution in [-0.4, -0.2) is 9.97 Å². The molecule has 4 heteroatoms. The van der Waals surface area contributed by atoms with E-state index in [1.54, 1.807) is 0 Å². The molecule has 0 amide bonds. The first-order valence-electron chi connectivity index (χ1n) is 4.35. The van der Waals surface area contributed by atoms with Crippen molar-refractivity contribution < 1.29 is 0 Å². The van der Waals surface area contributed by atoms with Crippen molar-refractivity contribution in [3.8, 4) is 0 Å². The molecule has 2 aromatic heterocycles. The van der Waals surface area contributed by atoms with Gasteiger partial charge in [-0.25, -0.2) is 0 Å². The molecule has 3 aromatic rings. The Morgan fingerprint density at radius 1 is 1.29 bits per heavy atom. The van der Waals surface area contributed by atoms with Gasteiger partial charge >= 0.3 is 4.87 Å². The number of aromatic nitrogens is 2. The summed E-state index contributed by atoms with van der Waals surface area (Å²) in [7, 11) is 0. The Bertz CT molecular complexity index is 674. The maximum atomic E-state index is 11.2. The van der Waals surface area contributed by atoms with Gasteiger partial charge in [-0.15, -0.1) is 0 Å². The van der Waals surface area contributed by atoms with Gasteiger partial charge < -0.3 is 9.97 Å². The molecule has 0 spiro atoms.